The van der Waals surface area contributed by atoms with Crippen LogP contribution in [0.2, 0.25) is 0 Å². The first-order valence-electron chi connectivity index (χ1n) is 8.32. The summed E-state index contributed by atoms with van der Waals surface area (Å²) in [5.74, 6) is 0. The van der Waals surface area contributed by atoms with E-state index in [0.717, 1.165) is 12.3 Å². The van der Waals surface area contributed by atoms with Crippen LogP contribution in [0.25, 0.3) is 0 Å². The van der Waals surface area contributed by atoms with Crippen LogP contribution in [0, 0.1) is 0 Å². The Morgan fingerprint density at radius 1 is 0.783 bits per heavy atom. The summed E-state index contributed by atoms with van der Waals surface area (Å²) in [5, 5.41) is 0. The van der Waals surface area contributed by atoms with Crippen LogP contribution in [-0.4, -0.2) is 28.9 Å². The molecule has 1 heterocycles. The van der Waals surface area contributed by atoms with Gasteiger partial charge in [-0.15, -0.1) is 0 Å². The molecule has 0 amide bonds. The number of unbranched alkanes of at least 4 members (excludes halogenated alkanes) is 3. The number of pyridine rings is 1. The van der Waals surface area contributed by atoms with Crippen molar-refractivity contribution in [2.45, 2.75) is 86.2 Å². The van der Waals surface area contributed by atoms with Crippen molar-refractivity contribution in [3.63, 3.8) is 0 Å². The number of rotatable bonds is 3. The number of aromatic nitrogens is 1. The van der Waals surface area contributed by atoms with Gasteiger partial charge in [0.05, 0.1) is 5.56 Å². The van der Waals surface area contributed by atoms with Gasteiger partial charge in [-0.1, -0.05) is 80.1 Å². The third kappa shape index (κ3) is 30.2. The number of nitrogens with zero attached hydrogens (tertiary/aromatic N) is 1. The Balaban J connectivity index is -0.000000118. The topological polar surface area (TPSA) is 12.9 Å². The van der Waals surface area contributed by atoms with Crippen molar-refractivity contribution in [1.82, 2.24) is 4.98 Å². The molecule has 0 atom stereocenters. The van der Waals surface area contributed by atoms with Crippen LogP contribution in [0.4, 0.5) is 13.2 Å². The van der Waals surface area contributed by atoms with Gasteiger partial charge in [0.1, 0.15) is 0 Å². The predicted octanol–water partition coefficient (Wildman–Crippen LogP) is 7.14. The number of halogens is 3. The summed E-state index contributed by atoms with van der Waals surface area (Å²) in [6.07, 6.45) is 5.74. The van der Waals surface area contributed by atoms with E-state index in [-0.39, 0.29) is 23.9 Å². The summed E-state index contributed by atoms with van der Waals surface area (Å²) >= 11 is 0. The van der Waals surface area contributed by atoms with Crippen molar-refractivity contribution in [2.24, 2.45) is 0 Å². The number of alkyl halides is 3. The van der Waals surface area contributed by atoms with Gasteiger partial charge in [0, 0.05) is 36.3 Å². The SMILES string of the molecule is CCCC.CCCC.CCCC.FC(F)(F)c1cccnc1.[Sn]. The van der Waals surface area contributed by atoms with Crippen LogP contribution in [0.15, 0.2) is 24.5 Å². The summed E-state index contributed by atoms with van der Waals surface area (Å²) in [4.78, 5) is 3.33. The molecule has 23 heavy (non-hydrogen) atoms. The molecule has 0 aliphatic carbocycles. The quantitative estimate of drug-likeness (QED) is 0.456. The second kappa shape index (κ2) is 24.0. The maximum absolute atomic E-state index is 11.7. The molecule has 1 aromatic heterocycles. The largest absolute Gasteiger partial charge is 0.417 e. The van der Waals surface area contributed by atoms with Crippen LogP contribution in [0.1, 0.15) is 85.6 Å². The molecule has 0 spiro atoms. The Labute approximate surface area is 158 Å². The molecule has 0 fully saturated rings. The predicted molar refractivity (Wildman–Crippen MR) is 96.7 cm³/mol. The third-order valence-corrected chi connectivity index (χ3v) is 2.49. The zero-order valence-electron chi connectivity index (χ0n) is 15.6. The molecular formula is C18H34F3NSn. The molecule has 0 saturated carbocycles. The van der Waals surface area contributed by atoms with Gasteiger partial charge >= 0.3 is 6.18 Å². The van der Waals surface area contributed by atoms with E-state index in [4.69, 9.17) is 0 Å². The standard InChI is InChI=1S/C6H4F3N.3C4H10.Sn/c7-6(8,9)5-2-1-3-10-4-5;3*1-3-4-2;/h1-4H;3*3-4H2,1-2H3;. The Kier molecular flexibility index (Phi) is 31.9. The normalized spacial score (nSPS) is 8.91. The fraction of sp³-hybridized carbons (Fsp3) is 0.722. The van der Waals surface area contributed by atoms with Gasteiger partial charge in [-0.2, -0.15) is 13.2 Å². The van der Waals surface area contributed by atoms with Crippen molar-refractivity contribution in [1.29, 1.82) is 0 Å². The van der Waals surface area contributed by atoms with Gasteiger partial charge < -0.3 is 0 Å². The fourth-order valence-corrected chi connectivity index (χ4v) is 0.530. The summed E-state index contributed by atoms with van der Waals surface area (Å²) in [6.45, 7) is 13.1. The molecule has 0 aliphatic heterocycles. The van der Waals surface area contributed by atoms with Crippen molar-refractivity contribution >= 4 is 23.9 Å². The smallest absolute Gasteiger partial charge is 0.264 e. The molecule has 5 heteroatoms. The molecular weight excluding hydrogens is 406 g/mol. The Morgan fingerprint density at radius 3 is 1.26 bits per heavy atom. The second-order valence-corrected chi connectivity index (χ2v) is 4.74. The molecule has 4 radical (unpaired) electrons. The van der Waals surface area contributed by atoms with Crippen molar-refractivity contribution in [2.75, 3.05) is 0 Å². The van der Waals surface area contributed by atoms with Gasteiger partial charge in [0.15, 0.2) is 0 Å². The molecule has 0 aromatic carbocycles. The van der Waals surface area contributed by atoms with Gasteiger partial charge in [-0.25, -0.2) is 0 Å². The fourth-order valence-electron chi connectivity index (χ4n) is 0.530. The average molecular weight is 440 g/mol. The van der Waals surface area contributed by atoms with E-state index in [9.17, 15) is 13.2 Å². The number of hydrogen-bond donors (Lipinski definition) is 0. The molecule has 1 aromatic rings. The van der Waals surface area contributed by atoms with Crippen LogP contribution in [0.3, 0.4) is 0 Å². The van der Waals surface area contributed by atoms with E-state index in [1.165, 1.54) is 50.8 Å². The zero-order valence-corrected chi connectivity index (χ0v) is 18.5. The molecule has 0 bridgehead atoms. The first-order chi connectivity index (χ1) is 10.3. The minimum Gasteiger partial charge on any atom is -0.264 e. The van der Waals surface area contributed by atoms with Gasteiger partial charge in [0.25, 0.3) is 0 Å². The molecule has 0 unspecified atom stereocenters. The van der Waals surface area contributed by atoms with Gasteiger partial charge in [-0.3, -0.25) is 4.98 Å². The van der Waals surface area contributed by atoms with E-state index in [1.807, 2.05) is 0 Å². The van der Waals surface area contributed by atoms with E-state index in [1.54, 1.807) is 0 Å². The third-order valence-electron chi connectivity index (χ3n) is 2.49. The molecule has 1 nitrogen and oxygen atoms in total. The minimum absolute atomic E-state index is 0. The summed E-state index contributed by atoms with van der Waals surface area (Å²) in [6, 6.07) is 2.23. The Morgan fingerprint density at radius 2 is 1.13 bits per heavy atom. The maximum atomic E-state index is 11.7. The monoisotopic (exact) mass is 441 g/mol. The van der Waals surface area contributed by atoms with Crippen LogP contribution in [0.5, 0.6) is 0 Å². The van der Waals surface area contributed by atoms with Gasteiger partial charge in [0.2, 0.25) is 0 Å². The summed E-state index contributed by atoms with van der Waals surface area (Å²) in [5.41, 5.74) is -0.713. The molecule has 0 saturated heterocycles. The van der Waals surface area contributed by atoms with Crippen LogP contribution >= 0.6 is 0 Å². The zero-order chi connectivity index (χ0) is 17.9. The first kappa shape index (κ1) is 30.6. The minimum atomic E-state index is -4.27. The van der Waals surface area contributed by atoms with Crippen LogP contribution in [-0.2, 0) is 6.18 Å². The van der Waals surface area contributed by atoms with E-state index in [0.29, 0.717) is 0 Å². The average Bonchev–Trinajstić information content (AvgIpc) is 2.55. The van der Waals surface area contributed by atoms with E-state index in [2.05, 4.69) is 46.5 Å². The summed E-state index contributed by atoms with van der Waals surface area (Å²) in [7, 11) is 0. The van der Waals surface area contributed by atoms with E-state index < -0.39 is 11.7 Å². The van der Waals surface area contributed by atoms with Crippen molar-refractivity contribution < 1.29 is 13.2 Å². The maximum Gasteiger partial charge on any atom is 0.417 e. The second-order valence-electron chi connectivity index (χ2n) is 4.74. The summed E-state index contributed by atoms with van der Waals surface area (Å²) < 4.78 is 35.2. The Bertz CT molecular complexity index is 275. The Hall–Kier alpha value is -0.261. The van der Waals surface area contributed by atoms with Crippen LogP contribution < -0.4 is 0 Å². The first-order valence-corrected chi connectivity index (χ1v) is 8.32. The molecule has 0 N–H and O–H groups in total. The molecule has 1 rings (SSSR count). The van der Waals surface area contributed by atoms with E-state index >= 15 is 0 Å². The van der Waals surface area contributed by atoms with Crippen molar-refractivity contribution in [3.05, 3.63) is 30.1 Å². The van der Waals surface area contributed by atoms with Crippen molar-refractivity contribution in [3.8, 4) is 0 Å². The molecule has 136 valence electrons. The van der Waals surface area contributed by atoms with Gasteiger partial charge in [-0.05, 0) is 12.1 Å². The molecule has 0 aliphatic rings. The number of hydrogen-bond acceptors (Lipinski definition) is 1.